The van der Waals surface area contributed by atoms with Gasteiger partial charge in [0.05, 0.1) is 13.2 Å². The molecule has 1 heterocycles. The van der Waals surface area contributed by atoms with Gasteiger partial charge in [-0.3, -0.25) is 0 Å². The lowest BCUT2D eigenvalue weighted by Gasteiger charge is -2.13. The summed E-state index contributed by atoms with van der Waals surface area (Å²) < 4.78 is 11.1. The van der Waals surface area contributed by atoms with E-state index in [2.05, 4.69) is 50.1 Å². The van der Waals surface area contributed by atoms with Crippen LogP contribution in [0, 0.1) is 0 Å². The van der Waals surface area contributed by atoms with E-state index in [0.717, 1.165) is 10.7 Å². The van der Waals surface area contributed by atoms with Crippen LogP contribution in [0.2, 0.25) is 0 Å². The number of benzene rings is 1. The molecule has 2 nitrogen and oxygen atoms in total. The Labute approximate surface area is 107 Å². The van der Waals surface area contributed by atoms with Crippen LogP contribution in [0.1, 0.15) is 11.1 Å². The predicted molar refractivity (Wildman–Crippen MR) is 69.0 cm³/mol. The Morgan fingerprint density at radius 3 is 2.07 bits per heavy atom. The van der Waals surface area contributed by atoms with Gasteiger partial charge in [0, 0.05) is 10.7 Å². The molecular weight excluding hydrogens is 323 g/mol. The smallest absolute Gasteiger partial charge is 0.405 e. The van der Waals surface area contributed by atoms with E-state index in [1.807, 2.05) is 0 Å². The van der Waals surface area contributed by atoms with Gasteiger partial charge in [-0.25, -0.2) is 0 Å². The Balaban J connectivity index is 2.39. The third kappa shape index (κ3) is 2.46. The second kappa shape index (κ2) is 5.48. The molecule has 1 aromatic carbocycles. The normalized spacial score (nSPS) is 16.0. The molecule has 0 saturated carbocycles. The van der Waals surface area contributed by atoms with Gasteiger partial charge in [-0.2, -0.15) is 0 Å². The molecule has 0 unspecified atom stereocenters. The van der Waals surface area contributed by atoms with Crippen molar-refractivity contribution in [1.29, 1.82) is 0 Å². The molecule has 1 fully saturated rings. The highest BCUT2D eigenvalue weighted by Gasteiger charge is 2.30. The lowest BCUT2D eigenvalue weighted by Crippen LogP contribution is -2.37. The molecule has 0 N–H and O–H groups in total. The zero-order valence-electron chi connectivity index (χ0n) is 8.21. The Hall–Kier alpha value is 0.165. The van der Waals surface area contributed by atoms with Crippen LogP contribution in [0.15, 0.2) is 18.2 Å². The molecule has 80 valence electrons. The van der Waals surface area contributed by atoms with Crippen molar-refractivity contribution in [2.45, 2.75) is 10.7 Å². The number of hydrogen-bond donors (Lipinski definition) is 0. The Morgan fingerprint density at radius 1 is 1.07 bits per heavy atom. The maximum atomic E-state index is 5.56. The van der Waals surface area contributed by atoms with E-state index in [1.165, 1.54) is 16.6 Å². The topological polar surface area (TPSA) is 18.5 Å². The van der Waals surface area contributed by atoms with Gasteiger partial charge in [-0.05, 0) is 16.6 Å². The molecule has 1 saturated heterocycles. The van der Waals surface area contributed by atoms with Crippen LogP contribution in [0.3, 0.4) is 0 Å². The molecule has 0 aromatic heterocycles. The minimum Gasteiger partial charge on any atom is -0.405 e. The van der Waals surface area contributed by atoms with Crippen LogP contribution in [0.4, 0.5) is 0 Å². The summed E-state index contributed by atoms with van der Waals surface area (Å²) in [6, 6.07) is 6.26. The molecule has 0 bridgehead atoms. The fraction of sp³-hybridized carbons (Fsp3) is 0.400. The highest BCUT2D eigenvalue weighted by molar-refractivity contribution is 9.08. The predicted octanol–water partition coefficient (Wildman–Crippen LogP) is 2.22. The van der Waals surface area contributed by atoms with Crippen LogP contribution in [-0.2, 0) is 20.0 Å². The summed E-state index contributed by atoms with van der Waals surface area (Å²) in [5.74, 6) is 0. The van der Waals surface area contributed by atoms with Crippen LogP contribution in [0.25, 0.3) is 0 Å². The summed E-state index contributed by atoms with van der Waals surface area (Å²) in [6.45, 7) is 1.37. The van der Waals surface area contributed by atoms with Crippen molar-refractivity contribution in [2.75, 3.05) is 13.2 Å². The largest absolute Gasteiger partial charge is 0.494 e. The first-order valence-electron chi connectivity index (χ1n) is 4.82. The van der Waals surface area contributed by atoms with Crippen LogP contribution in [-0.4, -0.2) is 20.3 Å². The number of alkyl halides is 2. The van der Waals surface area contributed by atoms with Gasteiger partial charge >= 0.3 is 7.12 Å². The lowest BCUT2D eigenvalue weighted by atomic mass is 9.74. The molecule has 0 amide bonds. The van der Waals surface area contributed by atoms with Crippen molar-refractivity contribution < 1.29 is 9.31 Å². The summed E-state index contributed by atoms with van der Waals surface area (Å²) in [6.07, 6.45) is 0. The van der Waals surface area contributed by atoms with Crippen molar-refractivity contribution in [1.82, 2.24) is 0 Å². The number of hydrogen-bond acceptors (Lipinski definition) is 2. The third-order valence-corrected chi connectivity index (χ3v) is 3.64. The third-order valence-electron chi connectivity index (χ3n) is 2.43. The molecule has 0 radical (unpaired) electrons. The van der Waals surface area contributed by atoms with Crippen LogP contribution < -0.4 is 5.46 Å². The van der Waals surface area contributed by atoms with Gasteiger partial charge in [-0.15, -0.1) is 0 Å². The summed E-state index contributed by atoms with van der Waals surface area (Å²) in [5.41, 5.74) is 3.64. The van der Waals surface area contributed by atoms with E-state index in [1.54, 1.807) is 0 Å². The molecule has 5 heteroatoms. The molecule has 1 aliphatic rings. The van der Waals surface area contributed by atoms with E-state index in [4.69, 9.17) is 9.31 Å². The molecule has 1 aromatic rings. The minimum absolute atomic E-state index is 0.189. The Bertz CT molecular complexity index is 318. The fourth-order valence-corrected chi connectivity index (χ4v) is 2.71. The first-order valence-corrected chi connectivity index (χ1v) is 7.07. The van der Waals surface area contributed by atoms with Gasteiger partial charge in [0.25, 0.3) is 0 Å². The summed E-state index contributed by atoms with van der Waals surface area (Å²) in [7, 11) is -0.189. The molecule has 15 heavy (non-hydrogen) atoms. The summed E-state index contributed by atoms with van der Waals surface area (Å²) in [5, 5.41) is 1.65. The van der Waals surface area contributed by atoms with Crippen molar-refractivity contribution in [2.24, 2.45) is 0 Å². The molecule has 0 aliphatic carbocycles. The molecule has 2 rings (SSSR count). The van der Waals surface area contributed by atoms with Gasteiger partial charge in [-0.1, -0.05) is 50.1 Å². The average Bonchev–Trinajstić information content (AvgIpc) is 2.81. The van der Waals surface area contributed by atoms with Gasteiger partial charge < -0.3 is 9.31 Å². The highest BCUT2D eigenvalue weighted by atomic mass is 79.9. The second-order valence-corrected chi connectivity index (χ2v) is 4.45. The van der Waals surface area contributed by atoms with Crippen molar-refractivity contribution in [3.8, 4) is 0 Å². The SMILES string of the molecule is BrCc1cccc(CBr)c1B1OCCO1. The average molecular weight is 334 g/mol. The van der Waals surface area contributed by atoms with Gasteiger partial charge in [0.1, 0.15) is 0 Å². The quantitative estimate of drug-likeness (QED) is 0.624. The molecule has 1 aliphatic heterocycles. The number of rotatable bonds is 3. The Morgan fingerprint density at radius 2 is 1.60 bits per heavy atom. The van der Waals surface area contributed by atoms with Crippen molar-refractivity contribution >= 4 is 44.4 Å². The summed E-state index contributed by atoms with van der Waals surface area (Å²) >= 11 is 6.98. The van der Waals surface area contributed by atoms with Crippen LogP contribution in [0.5, 0.6) is 0 Å². The van der Waals surface area contributed by atoms with Gasteiger partial charge in [0.15, 0.2) is 0 Å². The first-order chi connectivity index (χ1) is 7.36. The lowest BCUT2D eigenvalue weighted by molar-refractivity contribution is 0.365. The number of halogens is 2. The maximum absolute atomic E-state index is 5.56. The van der Waals surface area contributed by atoms with Crippen LogP contribution >= 0.6 is 31.9 Å². The van der Waals surface area contributed by atoms with E-state index >= 15 is 0 Å². The highest BCUT2D eigenvalue weighted by Crippen LogP contribution is 2.13. The van der Waals surface area contributed by atoms with Crippen molar-refractivity contribution in [3.05, 3.63) is 29.3 Å². The molecule has 0 spiro atoms. The molecule has 0 atom stereocenters. The first kappa shape index (κ1) is 11.6. The molecular formula is C10H11BBr2O2. The Kier molecular flexibility index (Phi) is 4.25. The van der Waals surface area contributed by atoms with Crippen molar-refractivity contribution in [3.63, 3.8) is 0 Å². The zero-order valence-corrected chi connectivity index (χ0v) is 11.4. The monoisotopic (exact) mass is 332 g/mol. The maximum Gasteiger partial charge on any atom is 0.494 e. The van der Waals surface area contributed by atoms with E-state index in [-0.39, 0.29) is 7.12 Å². The zero-order chi connectivity index (χ0) is 10.7. The minimum atomic E-state index is -0.189. The van der Waals surface area contributed by atoms with E-state index < -0.39 is 0 Å². The van der Waals surface area contributed by atoms with E-state index in [0.29, 0.717) is 13.2 Å². The standard InChI is InChI=1S/C10H11BBr2O2/c12-6-8-2-1-3-9(7-13)10(8)11-14-4-5-15-11/h1-3H,4-7H2. The second-order valence-electron chi connectivity index (χ2n) is 3.33. The summed E-state index contributed by atoms with van der Waals surface area (Å²) in [4.78, 5) is 0. The fourth-order valence-electron chi connectivity index (χ4n) is 1.73. The van der Waals surface area contributed by atoms with E-state index in [9.17, 15) is 0 Å². The van der Waals surface area contributed by atoms with Gasteiger partial charge in [0.2, 0.25) is 0 Å².